The van der Waals surface area contributed by atoms with E-state index in [0.717, 1.165) is 17.0 Å². The van der Waals surface area contributed by atoms with Crippen LogP contribution in [0.2, 0.25) is 5.15 Å². The third-order valence-electron chi connectivity index (χ3n) is 2.35. The summed E-state index contributed by atoms with van der Waals surface area (Å²) in [6.45, 7) is 0.648. The molecule has 0 atom stereocenters. The first-order valence-electron chi connectivity index (χ1n) is 5.63. The van der Waals surface area contributed by atoms with Gasteiger partial charge in [0, 0.05) is 18.6 Å². The van der Waals surface area contributed by atoms with Gasteiger partial charge in [-0.1, -0.05) is 11.6 Å². The fraction of sp³-hybridized carbons (Fsp3) is 0.231. The van der Waals surface area contributed by atoms with Crippen LogP contribution >= 0.6 is 11.6 Å². The second kappa shape index (κ2) is 6.33. The molecular weight excluding hydrogens is 252 g/mol. The van der Waals surface area contributed by atoms with Gasteiger partial charge in [0.05, 0.1) is 12.3 Å². The Morgan fingerprint density at radius 1 is 1.06 bits per heavy atom. The quantitative estimate of drug-likeness (QED) is 0.844. The maximum atomic E-state index is 8.65. The lowest BCUT2D eigenvalue weighted by molar-refractivity contribution is 0.233. The number of halogens is 1. The first kappa shape index (κ1) is 12.8. The van der Waals surface area contributed by atoms with Crippen molar-refractivity contribution in [3.8, 4) is 17.0 Å². The molecule has 94 valence electrons. The minimum atomic E-state index is 0.137. The molecule has 4 nitrogen and oxygen atoms in total. The second-order valence-electron chi connectivity index (χ2n) is 3.69. The molecule has 0 unspecified atom stereocenters. The molecule has 0 radical (unpaired) electrons. The number of hydrogen-bond acceptors (Lipinski definition) is 4. The van der Waals surface area contributed by atoms with Gasteiger partial charge in [0.2, 0.25) is 0 Å². The van der Waals surface area contributed by atoms with Gasteiger partial charge < -0.3 is 9.84 Å². The molecule has 0 aliphatic carbocycles. The van der Waals surface area contributed by atoms with E-state index in [1.165, 1.54) is 0 Å². The number of aliphatic hydroxyl groups excluding tert-OH is 1. The van der Waals surface area contributed by atoms with Crippen molar-refractivity contribution in [1.29, 1.82) is 0 Å². The normalized spacial score (nSPS) is 10.3. The minimum Gasteiger partial charge on any atom is -0.494 e. The molecular formula is C13H13ClN2O2. The minimum absolute atomic E-state index is 0.137. The molecule has 0 spiro atoms. The molecule has 0 fully saturated rings. The average molecular weight is 265 g/mol. The zero-order valence-corrected chi connectivity index (χ0v) is 10.5. The van der Waals surface area contributed by atoms with E-state index in [-0.39, 0.29) is 6.61 Å². The molecule has 0 bridgehead atoms. The molecule has 0 aliphatic rings. The Labute approximate surface area is 110 Å². The third kappa shape index (κ3) is 3.42. The molecule has 1 heterocycles. The summed E-state index contributed by atoms with van der Waals surface area (Å²) < 4.78 is 5.44. The van der Waals surface area contributed by atoms with Crippen LogP contribution in [0.1, 0.15) is 6.42 Å². The summed E-state index contributed by atoms with van der Waals surface area (Å²) in [4.78, 5) is 0. The van der Waals surface area contributed by atoms with Gasteiger partial charge in [-0.2, -0.15) is 0 Å². The molecule has 2 aromatic rings. The smallest absolute Gasteiger partial charge is 0.151 e. The number of aliphatic hydroxyl groups is 1. The standard InChI is InChI=1S/C13H13ClN2O2/c14-13-7-6-12(15-16-13)10-2-4-11(5-3-10)18-9-1-8-17/h2-7,17H,1,8-9H2. The van der Waals surface area contributed by atoms with Crippen LogP contribution in [-0.2, 0) is 0 Å². The van der Waals surface area contributed by atoms with Gasteiger partial charge in [-0.25, -0.2) is 0 Å². The van der Waals surface area contributed by atoms with E-state index >= 15 is 0 Å². The lowest BCUT2D eigenvalue weighted by Gasteiger charge is -2.06. The fourth-order valence-corrected chi connectivity index (χ4v) is 1.55. The first-order chi connectivity index (χ1) is 8.79. The van der Waals surface area contributed by atoms with E-state index in [9.17, 15) is 0 Å². The third-order valence-corrected chi connectivity index (χ3v) is 2.55. The van der Waals surface area contributed by atoms with Crippen LogP contribution < -0.4 is 4.74 Å². The summed E-state index contributed by atoms with van der Waals surface area (Å²) in [7, 11) is 0. The maximum Gasteiger partial charge on any atom is 0.151 e. The Morgan fingerprint density at radius 2 is 1.83 bits per heavy atom. The highest BCUT2D eigenvalue weighted by Crippen LogP contribution is 2.20. The van der Waals surface area contributed by atoms with E-state index in [4.69, 9.17) is 21.4 Å². The summed E-state index contributed by atoms with van der Waals surface area (Å²) in [5.41, 5.74) is 1.72. The summed E-state index contributed by atoms with van der Waals surface area (Å²) in [5.74, 6) is 0.772. The largest absolute Gasteiger partial charge is 0.494 e. The van der Waals surface area contributed by atoms with Crippen molar-refractivity contribution in [3.63, 3.8) is 0 Å². The molecule has 18 heavy (non-hydrogen) atoms. The summed E-state index contributed by atoms with van der Waals surface area (Å²) >= 11 is 5.68. The number of nitrogens with zero attached hydrogens (tertiary/aromatic N) is 2. The molecule has 0 saturated carbocycles. The Balaban J connectivity index is 2.05. The Kier molecular flexibility index (Phi) is 4.50. The monoisotopic (exact) mass is 264 g/mol. The topological polar surface area (TPSA) is 55.2 Å². The van der Waals surface area contributed by atoms with Crippen LogP contribution in [0.25, 0.3) is 11.3 Å². The highest BCUT2D eigenvalue weighted by molar-refractivity contribution is 6.29. The van der Waals surface area contributed by atoms with Crippen molar-refractivity contribution in [2.24, 2.45) is 0 Å². The summed E-state index contributed by atoms with van der Waals surface area (Å²) in [6, 6.07) is 11.1. The molecule has 0 aliphatic heterocycles. The van der Waals surface area contributed by atoms with Crippen molar-refractivity contribution in [2.45, 2.75) is 6.42 Å². The zero-order chi connectivity index (χ0) is 12.8. The highest BCUT2D eigenvalue weighted by Gasteiger charge is 2.01. The number of hydrogen-bond donors (Lipinski definition) is 1. The Bertz CT molecular complexity index is 485. The van der Waals surface area contributed by atoms with Gasteiger partial charge in [0.15, 0.2) is 5.15 Å². The molecule has 0 amide bonds. The van der Waals surface area contributed by atoms with Crippen LogP contribution in [-0.4, -0.2) is 28.5 Å². The molecule has 5 heteroatoms. The average Bonchev–Trinajstić information content (AvgIpc) is 2.41. The zero-order valence-electron chi connectivity index (χ0n) is 9.71. The van der Waals surface area contributed by atoms with E-state index in [2.05, 4.69) is 10.2 Å². The maximum absolute atomic E-state index is 8.65. The van der Waals surface area contributed by atoms with Gasteiger partial charge in [0.25, 0.3) is 0 Å². The lowest BCUT2D eigenvalue weighted by Crippen LogP contribution is -1.99. The van der Waals surface area contributed by atoms with Crippen molar-refractivity contribution in [1.82, 2.24) is 10.2 Å². The van der Waals surface area contributed by atoms with Gasteiger partial charge >= 0.3 is 0 Å². The van der Waals surface area contributed by atoms with Gasteiger partial charge in [0.1, 0.15) is 5.75 Å². The number of rotatable bonds is 5. The fourth-order valence-electron chi connectivity index (χ4n) is 1.45. The predicted molar refractivity (Wildman–Crippen MR) is 69.7 cm³/mol. The lowest BCUT2D eigenvalue weighted by atomic mass is 10.1. The Morgan fingerprint density at radius 3 is 2.44 bits per heavy atom. The first-order valence-corrected chi connectivity index (χ1v) is 6.01. The van der Waals surface area contributed by atoms with Crippen molar-refractivity contribution >= 4 is 11.6 Å². The van der Waals surface area contributed by atoms with E-state index in [1.807, 2.05) is 30.3 Å². The summed E-state index contributed by atoms with van der Waals surface area (Å²) in [6.07, 6.45) is 0.629. The predicted octanol–water partition coefficient (Wildman–Crippen LogP) is 2.56. The molecule has 1 N–H and O–H groups in total. The van der Waals surface area contributed by atoms with Crippen molar-refractivity contribution in [2.75, 3.05) is 13.2 Å². The highest BCUT2D eigenvalue weighted by atomic mass is 35.5. The molecule has 0 saturated heterocycles. The SMILES string of the molecule is OCCCOc1ccc(-c2ccc(Cl)nn2)cc1. The van der Waals surface area contributed by atoms with Crippen molar-refractivity contribution in [3.05, 3.63) is 41.6 Å². The molecule has 1 aromatic heterocycles. The van der Waals surface area contributed by atoms with Gasteiger partial charge in [-0.3, -0.25) is 0 Å². The molecule has 2 rings (SSSR count). The Hall–Kier alpha value is -1.65. The van der Waals surface area contributed by atoms with Crippen molar-refractivity contribution < 1.29 is 9.84 Å². The van der Waals surface area contributed by atoms with Crippen LogP contribution in [0, 0.1) is 0 Å². The summed E-state index contributed by atoms with van der Waals surface area (Å²) in [5, 5.41) is 16.8. The van der Waals surface area contributed by atoms with E-state index < -0.39 is 0 Å². The van der Waals surface area contributed by atoms with Gasteiger partial charge in [-0.15, -0.1) is 10.2 Å². The number of benzene rings is 1. The van der Waals surface area contributed by atoms with E-state index in [1.54, 1.807) is 6.07 Å². The second-order valence-corrected chi connectivity index (χ2v) is 4.08. The van der Waals surface area contributed by atoms with Crippen LogP contribution in [0.5, 0.6) is 5.75 Å². The molecule has 1 aromatic carbocycles. The van der Waals surface area contributed by atoms with Crippen LogP contribution in [0.15, 0.2) is 36.4 Å². The number of aromatic nitrogens is 2. The number of ether oxygens (including phenoxy) is 1. The van der Waals surface area contributed by atoms with Gasteiger partial charge in [-0.05, 0) is 36.4 Å². The van der Waals surface area contributed by atoms with E-state index in [0.29, 0.717) is 18.2 Å². The van der Waals surface area contributed by atoms with Crippen LogP contribution in [0.3, 0.4) is 0 Å². The van der Waals surface area contributed by atoms with Crippen LogP contribution in [0.4, 0.5) is 0 Å².